The second-order valence-corrected chi connectivity index (χ2v) is 8.00. The lowest BCUT2D eigenvalue weighted by Gasteiger charge is -2.15. The number of halogens is 2. The number of para-hydroxylation sites is 1. The van der Waals surface area contributed by atoms with Crippen molar-refractivity contribution >= 4 is 40.1 Å². The maximum atomic E-state index is 13.2. The van der Waals surface area contributed by atoms with Crippen LogP contribution in [0.15, 0.2) is 75.9 Å². The summed E-state index contributed by atoms with van der Waals surface area (Å²) in [5, 5.41) is 2.72. The normalized spacial score (nSPS) is 11.8. The Labute approximate surface area is 198 Å². The van der Waals surface area contributed by atoms with Crippen molar-refractivity contribution in [2.45, 2.75) is 20.0 Å². The van der Waals surface area contributed by atoms with Crippen molar-refractivity contribution in [3.05, 3.63) is 98.9 Å². The average Bonchev–Trinajstić information content (AvgIpc) is 2.83. The molecular formula is C26H19ClFNO5. The van der Waals surface area contributed by atoms with E-state index >= 15 is 0 Å². The van der Waals surface area contributed by atoms with Crippen LogP contribution in [-0.2, 0) is 9.53 Å². The average molecular weight is 480 g/mol. The first-order valence-electron chi connectivity index (χ1n) is 10.3. The van der Waals surface area contributed by atoms with Crippen LogP contribution in [-0.4, -0.2) is 18.0 Å². The first-order valence-corrected chi connectivity index (χ1v) is 10.7. The molecule has 0 fully saturated rings. The third kappa shape index (κ3) is 4.56. The molecule has 8 heteroatoms. The Morgan fingerprint density at radius 1 is 1.06 bits per heavy atom. The van der Waals surface area contributed by atoms with Gasteiger partial charge >= 0.3 is 5.97 Å². The Kier molecular flexibility index (Phi) is 6.47. The zero-order chi connectivity index (χ0) is 24.4. The highest BCUT2D eigenvalue weighted by molar-refractivity contribution is 6.33. The van der Waals surface area contributed by atoms with E-state index in [9.17, 15) is 18.8 Å². The molecular weight excluding hydrogens is 461 g/mol. The fraction of sp³-hybridized carbons (Fsp3) is 0.115. The Balaban J connectivity index is 1.64. The molecule has 1 unspecified atom stereocenters. The Morgan fingerprint density at radius 2 is 1.79 bits per heavy atom. The van der Waals surface area contributed by atoms with Gasteiger partial charge in [0.25, 0.3) is 5.91 Å². The van der Waals surface area contributed by atoms with Crippen LogP contribution in [0.2, 0.25) is 5.02 Å². The first kappa shape index (κ1) is 23.2. The summed E-state index contributed by atoms with van der Waals surface area (Å²) >= 11 is 5.93. The molecule has 172 valence electrons. The van der Waals surface area contributed by atoms with Crippen LogP contribution in [0.25, 0.3) is 22.3 Å². The Hall–Kier alpha value is -3.97. The number of hydrogen-bond acceptors (Lipinski definition) is 5. The fourth-order valence-corrected chi connectivity index (χ4v) is 3.65. The number of nitrogens with one attached hydrogen (secondary N) is 1. The summed E-state index contributed by atoms with van der Waals surface area (Å²) in [7, 11) is 0. The van der Waals surface area contributed by atoms with Crippen molar-refractivity contribution in [1.29, 1.82) is 0 Å². The number of anilines is 1. The molecule has 0 aliphatic carbocycles. The molecule has 4 rings (SSSR count). The van der Waals surface area contributed by atoms with Gasteiger partial charge in [-0.25, -0.2) is 9.18 Å². The summed E-state index contributed by atoms with van der Waals surface area (Å²) < 4.78 is 24.6. The number of esters is 1. The standard InChI is InChI=1S/C26H19ClFNO5/c1-14-22(30)18-9-6-10-19(24(18)34-23(14)16-7-4-3-5-8-16)26(32)33-15(2)25(31)29-21-12-11-17(28)13-20(21)27/h3-13,15H,1-2H3,(H,29,31). The molecule has 0 aliphatic rings. The molecule has 0 spiro atoms. The van der Waals surface area contributed by atoms with Gasteiger partial charge in [0.15, 0.2) is 17.1 Å². The SMILES string of the molecule is Cc1c(-c2ccccc2)oc2c(C(=O)OC(C)C(=O)Nc3ccc(F)cc3Cl)cccc2c1=O. The molecule has 1 aromatic heterocycles. The van der Waals surface area contributed by atoms with E-state index in [-0.39, 0.29) is 32.7 Å². The van der Waals surface area contributed by atoms with Crippen LogP contribution in [0.5, 0.6) is 0 Å². The van der Waals surface area contributed by atoms with E-state index in [1.54, 1.807) is 31.2 Å². The largest absolute Gasteiger partial charge is 0.455 e. The molecule has 0 radical (unpaired) electrons. The third-order valence-electron chi connectivity index (χ3n) is 5.24. The second-order valence-electron chi connectivity index (χ2n) is 7.59. The van der Waals surface area contributed by atoms with Gasteiger partial charge in [-0.1, -0.05) is 48.0 Å². The van der Waals surface area contributed by atoms with Gasteiger partial charge in [-0.05, 0) is 44.2 Å². The lowest BCUT2D eigenvalue weighted by molar-refractivity contribution is -0.123. The summed E-state index contributed by atoms with van der Waals surface area (Å²) in [6.45, 7) is 3.04. The summed E-state index contributed by atoms with van der Waals surface area (Å²) in [5.74, 6) is -1.71. The minimum Gasteiger partial charge on any atom is -0.455 e. The van der Waals surface area contributed by atoms with Gasteiger partial charge in [-0.15, -0.1) is 0 Å². The van der Waals surface area contributed by atoms with Crippen LogP contribution in [0.1, 0.15) is 22.8 Å². The topological polar surface area (TPSA) is 85.6 Å². The summed E-state index contributed by atoms with van der Waals surface area (Å²) in [4.78, 5) is 38.4. The number of benzene rings is 3. The van der Waals surface area contributed by atoms with Gasteiger partial charge in [0.05, 0.1) is 16.1 Å². The molecule has 0 aliphatic heterocycles. The smallest absolute Gasteiger partial charge is 0.342 e. The molecule has 6 nitrogen and oxygen atoms in total. The van der Waals surface area contributed by atoms with Crippen molar-refractivity contribution in [3.63, 3.8) is 0 Å². The highest BCUT2D eigenvalue weighted by atomic mass is 35.5. The van der Waals surface area contributed by atoms with Gasteiger partial charge in [0.2, 0.25) is 0 Å². The number of carbonyl (C=O) groups is 2. The highest BCUT2D eigenvalue weighted by Crippen LogP contribution is 2.28. The van der Waals surface area contributed by atoms with E-state index in [1.165, 1.54) is 19.1 Å². The molecule has 34 heavy (non-hydrogen) atoms. The van der Waals surface area contributed by atoms with Gasteiger partial charge in [0.1, 0.15) is 17.1 Å². The number of amides is 1. The zero-order valence-electron chi connectivity index (χ0n) is 18.2. The Bertz CT molecular complexity index is 1470. The summed E-state index contributed by atoms with van der Waals surface area (Å²) in [5.41, 5.74) is 1.07. The molecule has 0 saturated carbocycles. The van der Waals surface area contributed by atoms with Crippen molar-refractivity contribution in [2.75, 3.05) is 5.32 Å². The third-order valence-corrected chi connectivity index (χ3v) is 5.56. The van der Waals surface area contributed by atoms with Crippen molar-refractivity contribution in [2.24, 2.45) is 0 Å². The quantitative estimate of drug-likeness (QED) is 0.369. The van der Waals surface area contributed by atoms with E-state index in [0.717, 1.165) is 12.1 Å². The van der Waals surface area contributed by atoms with Gasteiger partial charge in [-0.3, -0.25) is 9.59 Å². The van der Waals surface area contributed by atoms with Crippen LogP contribution in [0.3, 0.4) is 0 Å². The predicted octanol–water partition coefficient (Wildman–Crippen LogP) is 5.74. The van der Waals surface area contributed by atoms with Crippen molar-refractivity contribution in [3.8, 4) is 11.3 Å². The maximum absolute atomic E-state index is 13.2. The molecule has 4 aromatic rings. The van der Waals surface area contributed by atoms with Crippen LogP contribution >= 0.6 is 11.6 Å². The zero-order valence-corrected chi connectivity index (χ0v) is 19.0. The number of ether oxygens (including phenoxy) is 1. The first-order chi connectivity index (χ1) is 16.3. The highest BCUT2D eigenvalue weighted by Gasteiger charge is 2.24. The van der Waals surface area contributed by atoms with E-state index < -0.39 is 23.8 Å². The van der Waals surface area contributed by atoms with Crippen LogP contribution in [0, 0.1) is 12.7 Å². The molecule has 1 heterocycles. The summed E-state index contributed by atoms with van der Waals surface area (Å²) in [6.07, 6.45) is -1.21. The van der Waals surface area contributed by atoms with Crippen molar-refractivity contribution < 1.29 is 23.1 Å². The van der Waals surface area contributed by atoms with Gasteiger partial charge in [-0.2, -0.15) is 0 Å². The fourth-order valence-electron chi connectivity index (χ4n) is 3.44. The lowest BCUT2D eigenvalue weighted by atomic mass is 10.0. The van der Waals surface area contributed by atoms with Gasteiger partial charge < -0.3 is 14.5 Å². The Morgan fingerprint density at radius 3 is 2.50 bits per heavy atom. The van der Waals surface area contributed by atoms with Crippen LogP contribution in [0.4, 0.5) is 10.1 Å². The molecule has 0 saturated heterocycles. The molecule has 1 atom stereocenters. The maximum Gasteiger partial charge on any atom is 0.342 e. The van der Waals surface area contributed by atoms with Crippen molar-refractivity contribution in [1.82, 2.24) is 0 Å². The lowest BCUT2D eigenvalue weighted by Crippen LogP contribution is -2.30. The minimum absolute atomic E-state index is 0.00578. The molecule has 0 bridgehead atoms. The number of carbonyl (C=O) groups excluding carboxylic acids is 2. The van der Waals surface area contributed by atoms with E-state index in [2.05, 4.69) is 5.32 Å². The molecule has 1 N–H and O–H groups in total. The van der Waals surface area contributed by atoms with Crippen LogP contribution < -0.4 is 10.7 Å². The second kappa shape index (κ2) is 9.49. The van der Waals surface area contributed by atoms with E-state index in [0.29, 0.717) is 16.9 Å². The molecule has 3 aromatic carbocycles. The minimum atomic E-state index is -1.21. The van der Waals surface area contributed by atoms with E-state index in [4.69, 9.17) is 20.8 Å². The van der Waals surface area contributed by atoms with E-state index in [1.807, 2.05) is 18.2 Å². The van der Waals surface area contributed by atoms with Gasteiger partial charge in [0, 0.05) is 11.1 Å². The monoisotopic (exact) mass is 479 g/mol. The molecule has 1 amide bonds. The summed E-state index contributed by atoms with van der Waals surface area (Å²) in [6, 6.07) is 17.1. The predicted molar refractivity (Wildman–Crippen MR) is 128 cm³/mol. The number of rotatable bonds is 5. The number of hydrogen-bond donors (Lipinski definition) is 1. The number of fused-ring (bicyclic) bond motifs is 1.